The predicted octanol–water partition coefficient (Wildman–Crippen LogP) is 3.35. The van der Waals surface area contributed by atoms with Crippen molar-refractivity contribution in [2.75, 3.05) is 11.5 Å². The quantitative estimate of drug-likeness (QED) is 0.392. The summed E-state index contributed by atoms with van der Waals surface area (Å²) in [5.41, 5.74) is 21.8. The molecule has 0 unspecified atom stereocenters. The fourth-order valence-corrected chi connectivity index (χ4v) is 2.56. The van der Waals surface area contributed by atoms with Crippen LogP contribution in [0.3, 0.4) is 0 Å². The maximum atomic E-state index is 6.24. The Bertz CT molecular complexity index is 803. The molecule has 0 spiro atoms. The third-order valence-electron chi connectivity index (χ3n) is 3.88. The van der Waals surface area contributed by atoms with E-state index < -0.39 is 0 Å². The maximum Gasteiger partial charge on any atom is 0.126 e. The number of amidine groups is 1. The van der Waals surface area contributed by atoms with E-state index in [1.807, 2.05) is 66.7 Å². The standard InChI is InChI=1S/C20H20N4/c21-17-12-11-16(13-18(17)22)20(23)24-19(14-7-3-1-4-8-14)15-9-5-2-6-10-15/h1-13,19H,21-22H2,(H2,23,24). The molecule has 3 aromatic carbocycles. The minimum Gasteiger partial charge on any atom is -0.397 e. The van der Waals surface area contributed by atoms with Gasteiger partial charge in [-0.1, -0.05) is 60.7 Å². The van der Waals surface area contributed by atoms with E-state index in [9.17, 15) is 0 Å². The number of nitrogen functional groups attached to an aromatic ring is 2. The van der Waals surface area contributed by atoms with Crippen molar-refractivity contribution in [1.82, 2.24) is 0 Å². The lowest BCUT2D eigenvalue weighted by Crippen LogP contribution is -2.16. The van der Waals surface area contributed by atoms with Gasteiger partial charge in [0.1, 0.15) is 11.9 Å². The van der Waals surface area contributed by atoms with Crippen LogP contribution in [-0.4, -0.2) is 5.84 Å². The van der Waals surface area contributed by atoms with Gasteiger partial charge in [0, 0.05) is 5.56 Å². The molecule has 4 heteroatoms. The highest BCUT2D eigenvalue weighted by Crippen LogP contribution is 2.26. The molecule has 6 N–H and O–H groups in total. The summed E-state index contributed by atoms with van der Waals surface area (Å²) in [6, 6.07) is 25.3. The van der Waals surface area contributed by atoms with E-state index >= 15 is 0 Å². The van der Waals surface area contributed by atoms with Crippen LogP contribution in [0.1, 0.15) is 22.7 Å². The molecule has 0 fully saturated rings. The van der Waals surface area contributed by atoms with Crippen molar-refractivity contribution >= 4 is 17.2 Å². The molecule has 0 aliphatic rings. The number of rotatable bonds is 4. The van der Waals surface area contributed by atoms with Crippen LogP contribution in [-0.2, 0) is 0 Å². The minimum atomic E-state index is -0.175. The summed E-state index contributed by atoms with van der Waals surface area (Å²) in [4.78, 5) is 4.76. The Balaban J connectivity index is 2.04. The molecule has 4 nitrogen and oxygen atoms in total. The zero-order chi connectivity index (χ0) is 16.9. The molecule has 0 bridgehead atoms. The molecule has 0 aliphatic heterocycles. The van der Waals surface area contributed by atoms with Crippen molar-refractivity contribution in [3.63, 3.8) is 0 Å². The topological polar surface area (TPSA) is 90.4 Å². The summed E-state index contributed by atoms with van der Waals surface area (Å²) in [5, 5.41) is 0. The molecule has 120 valence electrons. The zero-order valence-electron chi connectivity index (χ0n) is 13.3. The van der Waals surface area contributed by atoms with E-state index in [-0.39, 0.29) is 6.04 Å². The highest BCUT2D eigenvalue weighted by atomic mass is 14.9. The van der Waals surface area contributed by atoms with Gasteiger partial charge in [-0.25, -0.2) is 0 Å². The van der Waals surface area contributed by atoms with E-state index in [0.29, 0.717) is 17.2 Å². The Labute approximate surface area is 141 Å². The summed E-state index contributed by atoms with van der Waals surface area (Å²) < 4.78 is 0. The summed E-state index contributed by atoms with van der Waals surface area (Å²) in [7, 11) is 0. The van der Waals surface area contributed by atoms with Gasteiger partial charge in [-0.2, -0.15) is 0 Å². The van der Waals surface area contributed by atoms with Crippen molar-refractivity contribution in [3.8, 4) is 0 Å². The number of benzene rings is 3. The summed E-state index contributed by atoms with van der Waals surface area (Å²) in [6.07, 6.45) is 0. The molecule has 24 heavy (non-hydrogen) atoms. The molecular formula is C20H20N4. The number of hydrogen-bond acceptors (Lipinski definition) is 3. The molecule has 0 atom stereocenters. The smallest absolute Gasteiger partial charge is 0.126 e. The van der Waals surface area contributed by atoms with Crippen LogP contribution in [0.4, 0.5) is 11.4 Å². The van der Waals surface area contributed by atoms with Crippen LogP contribution in [0.15, 0.2) is 83.9 Å². The van der Waals surface area contributed by atoms with Gasteiger partial charge in [-0.05, 0) is 29.3 Å². The Morgan fingerprint density at radius 3 is 1.75 bits per heavy atom. The molecule has 3 rings (SSSR count). The van der Waals surface area contributed by atoms with Gasteiger partial charge in [0.05, 0.1) is 11.4 Å². The first-order valence-corrected chi connectivity index (χ1v) is 7.73. The Kier molecular flexibility index (Phi) is 4.47. The van der Waals surface area contributed by atoms with Gasteiger partial charge in [0.15, 0.2) is 0 Å². The van der Waals surface area contributed by atoms with E-state index in [2.05, 4.69) is 0 Å². The van der Waals surface area contributed by atoms with Gasteiger partial charge < -0.3 is 17.2 Å². The Morgan fingerprint density at radius 1 is 0.708 bits per heavy atom. The monoisotopic (exact) mass is 316 g/mol. The predicted molar refractivity (Wildman–Crippen MR) is 101 cm³/mol. The summed E-state index contributed by atoms with van der Waals surface area (Å²) >= 11 is 0. The number of nitrogens with two attached hydrogens (primary N) is 3. The van der Waals surface area contributed by atoms with Crippen LogP contribution in [0.2, 0.25) is 0 Å². The van der Waals surface area contributed by atoms with Crippen LogP contribution in [0.5, 0.6) is 0 Å². The first-order chi connectivity index (χ1) is 11.6. The maximum absolute atomic E-state index is 6.24. The molecule has 0 aromatic heterocycles. The SMILES string of the molecule is NC(=NC(c1ccccc1)c1ccccc1)c1ccc(N)c(N)c1. The van der Waals surface area contributed by atoms with E-state index in [1.54, 1.807) is 12.1 Å². The highest BCUT2D eigenvalue weighted by Gasteiger charge is 2.13. The van der Waals surface area contributed by atoms with E-state index in [4.69, 9.17) is 22.2 Å². The summed E-state index contributed by atoms with van der Waals surface area (Å²) in [6.45, 7) is 0. The van der Waals surface area contributed by atoms with Crippen molar-refractivity contribution < 1.29 is 0 Å². The first kappa shape index (κ1) is 15.6. The average molecular weight is 316 g/mol. The van der Waals surface area contributed by atoms with Gasteiger partial charge in [-0.15, -0.1) is 0 Å². The van der Waals surface area contributed by atoms with Crippen LogP contribution in [0, 0.1) is 0 Å². The van der Waals surface area contributed by atoms with Gasteiger partial charge in [-0.3, -0.25) is 4.99 Å². The van der Waals surface area contributed by atoms with Gasteiger partial charge in [0.25, 0.3) is 0 Å². The lowest BCUT2D eigenvalue weighted by molar-refractivity contribution is 0.870. The van der Waals surface area contributed by atoms with E-state index in [1.165, 1.54) is 0 Å². The molecule has 0 radical (unpaired) electrons. The third kappa shape index (κ3) is 3.38. The largest absolute Gasteiger partial charge is 0.397 e. The average Bonchev–Trinajstić information content (AvgIpc) is 2.63. The molecule has 3 aromatic rings. The number of aliphatic imine (C=N–C) groups is 1. The lowest BCUT2D eigenvalue weighted by atomic mass is 9.99. The van der Waals surface area contributed by atoms with Crippen molar-refractivity contribution in [1.29, 1.82) is 0 Å². The fourth-order valence-electron chi connectivity index (χ4n) is 2.56. The van der Waals surface area contributed by atoms with Crippen molar-refractivity contribution in [2.24, 2.45) is 10.7 Å². The van der Waals surface area contributed by atoms with Crippen LogP contribution < -0.4 is 17.2 Å². The normalized spacial score (nSPS) is 11.6. The molecule has 0 amide bonds. The number of hydrogen-bond donors (Lipinski definition) is 3. The van der Waals surface area contributed by atoms with Crippen LogP contribution >= 0.6 is 0 Å². The first-order valence-electron chi connectivity index (χ1n) is 7.73. The molecular weight excluding hydrogens is 296 g/mol. The third-order valence-corrected chi connectivity index (χ3v) is 3.88. The molecule has 0 saturated heterocycles. The molecule has 0 aliphatic carbocycles. The number of anilines is 2. The fraction of sp³-hybridized carbons (Fsp3) is 0.0500. The molecule has 0 heterocycles. The molecule has 0 saturated carbocycles. The van der Waals surface area contributed by atoms with Gasteiger partial charge in [0.2, 0.25) is 0 Å². The zero-order valence-corrected chi connectivity index (χ0v) is 13.3. The Hall–Kier alpha value is -3.27. The Morgan fingerprint density at radius 2 is 1.25 bits per heavy atom. The van der Waals surface area contributed by atoms with Crippen molar-refractivity contribution in [3.05, 3.63) is 95.6 Å². The minimum absolute atomic E-state index is 0.175. The van der Waals surface area contributed by atoms with E-state index in [0.717, 1.165) is 16.7 Å². The second-order valence-electron chi connectivity index (χ2n) is 5.58. The lowest BCUT2D eigenvalue weighted by Gasteiger charge is -2.15. The van der Waals surface area contributed by atoms with Crippen LogP contribution in [0.25, 0.3) is 0 Å². The summed E-state index contributed by atoms with van der Waals surface area (Å²) in [5.74, 6) is 0.430. The second kappa shape index (κ2) is 6.87. The highest BCUT2D eigenvalue weighted by molar-refractivity contribution is 5.99. The van der Waals surface area contributed by atoms with Crippen molar-refractivity contribution in [2.45, 2.75) is 6.04 Å². The van der Waals surface area contributed by atoms with Gasteiger partial charge >= 0.3 is 0 Å². The number of nitrogens with zero attached hydrogens (tertiary/aromatic N) is 1. The second-order valence-corrected chi connectivity index (χ2v) is 5.58.